The molecule has 0 aromatic heterocycles. The van der Waals surface area contributed by atoms with E-state index in [0.717, 1.165) is 17.3 Å². The summed E-state index contributed by atoms with van der Waals surface area (Å²) in [6.07, 6.45) is 0. The summed E-state index contributed by atoms with van der Waals surface area (Å²) in [7, 11) is 7.41. The van der Waals surface area contributed by atoms with Gasteiger partial charge in [-0.05, 0) is 44.3 Å². The molecule has 1 unspecified atom stereocenters. The van der Waals surface area contributed by atoms with Crippen molar-refractivity contribution < 1.29 is 9.47 Å². The number of rotatable bonds is 5. The fourth-order valence-electron chi connectivity index (χ4n) is 1.90. The molecule has 1 aromatic carbocycles. The molecule has 0 heterocycles. The molecule has 4 heteroatoms. The first kappa shape index (κ1) is 14.2. The molecule has 0 radical (unpaired) electrons. The highest BCUT2D eigenvalue weighted by Crippen LogP contribution is 2.34. The molecule has 0 bridgehead atoms. The molecule has 0 saturated heterocycles. The molecule has 1 rings (SSSR count). The Bertz CT molecular complexity index is 380. The van der Waals surface area contributed by atoms with Crippen LogP contribution in [0.5, 0.6) is 11.5 Å². The van der Waals surface area contributed by atoms with Gasteiger partial charge in [0.15, 0.2) is 11.5 Å². The molecule has 1 aromatic rings. The van der Waals surface area contributed by atoms with Crippen LogP contribution < -0.4 is 9.47 Å². The van der Waals surface area contributed by atoms with E-state index < -0.39 is 0 Å². The number of hydrogen-bond acceptors (Lipinski definition) is 4. The molecule has 0 N–H and O–H groups in total. The van der Waals surface area contributed by atoms with Crippen molar-refractivity contribution >= 4 is 12.6 Å². The Morgan fingerprint density at radius 2 is 1.71 bits per heavy atom. The highest BCUT2D eigenvalue weighted by atomic mass is 32.1. The van der Waals surface area contributed by atoms with E-state index >= 15 is 0 Å². The third-order valence-corrected chi connectivity index (χ3v) is 3.27. The van der Waals surface area contributed by atoms with Crippen LogP contribution in [0.3, 0.4) is 0 Å². The van der Waals surface area contributed by atoms with Crippen LogP contribution in [0.15, 0.2) is 12.1 Å². The highest BCUT2D eigenvalue weighted by molar-refractivity contribution is 7.80. The van der Waals surface area contributed by atoms with Crippen LogP contribution in [0.2, 0.25) is 0 Å². The molecule has 1 atom stereocenters. The van der Waals surface area contributed by atoms with E-state index in [0.29, 0.717) is 0 Å². The van der Waals surface area contributed by atoms with Gasteiger partial charge in [-0.1, -0.05) is 0 Å². The lowest BCUT2D eigenvalue weighted by Crippen LogP contribution is -2.22. The lowest BCUT2D eigenvalue weighted by Gasteiger charge is -2.25. The van der Waals surface area contributed by atoms with E-state index in [1.165, 1.54) is 11.1 Å². The van der Waals surface area contributed by atoms with Crippen molar-refractivity contribution in [3.63, 3.8) is 0 Å². The summed E-state index contributed by atoms with van der Waals surface area (Å²) in [5, 5.41) is 0. The van der Waals surface area contributed by atoms with E-state index in [-0.39, 0.29) is 6.04 Å². The highest BCUT2D eigenvalue weighted by Gasteiger charge is 2.17. The van der Waals surface area contributed by atoms with Gasteiger partial charge in [0.1, 0.15) is 0 Å². The van der Waals surface area contributed by atoms with Crippen molar-refractivity contribution in [1.29, 1.82) is 0 Å². The van der Waals surface area contributed by atoms with Crippen molar-refractivity contribution in [3.05, 3.63) is 23.3 Å². The average molecular weight is 255 g/mol. The molecular weight excluding hydrogens is 234 g/mol. The van der Waals surface area contributed by atoms with Crippen LogP contribution in [-0.4, -0.2) is 39.0 Å². The number of aryl methyl sites for hydroxylation is 1. The molecule has 0 aliphatic rings. The molecule has 3 nitrogen and oxygen atoms in total. The molecule has 17 heavy (non-hydrogen) atoms. The maximum absolute atomic E-state index is 5.34. The summed E-state index contributed by atoms with van der Waals surface area (Å²) in [5.41, 5.74) is 2.41. The lowest BCUT2D eigenvalue weighted by atomic mass is 10.0. The van der Waals surface area contributed by atoms with Crippen molar-refractivity contribution in [1.82, 2.24) is 4.90 Å². The SMILES string of the molecule is COc1cc(C)c(C(CS)N(C)C)cc1OC. The van der Waals surface area contributed by atoms with Crippen molar-refractivity contribution in [2.45, 2.75) is 13.0 Å². The Morgan fingerprint density at radius 3 is 2.12 bits per heavy atom. The third-order valence-electron chi connectivity index (χ3n) is 2.93. The molecular formula is C13H21NO2S. The van der Waals surface area contributed by atoms with Gasteiger partial charge in [-0.15, -0.1) is 0 Å². The molecule has 0 fully saturated rings. The number of nitrogens with zero attached hydrogens (tertiary/aromatic N) is 1. The zero-order valence-corrected chi connectivity index (χ0v) is 12.0. The Balaban J connectivity index is 3.24. The molecule has 96 valence electrons. The number of benzene rings is 1. The van der Waals surface area contributed by atoms with Crippen LogP contribution in [0.4, 0.5) is 0 Å². The molecule has 0 aliphatic carbocycles. The van der Waals surface area contributed by atoms with Gasteiger partial charge in [0.2, 0.25) is 0 Å². The minimum absolute atomic E-state index is 0.276. The van der Waals surface area contributed by atoms with Crippen LogP contribution in [0.1, 0.15) is 17.2 Å². The molecule has 0 amide bonds. The van der Waals surface area contributed by atoms with Crippen LogP contribution >= 0.6 is 12.6 Å². The van der Waals surface area contributed by atoms with Gasteiger partial charge in [-0.3, -0.25) is 0 Å². The fourth-order valence-corrected chi connectivity index (χ4v) is 2.42. The van der Waals surface area contributed by atoms with Gasteiger partial charge in [-0.25, -0.2) is 0 Å². The van der Waals surface area contributed by atoms with Gasteiger partial charge in [0.25, 0.3) is 0 Å². The predicted octanol–water partition coefficient (Wildman–Crippen LogP) is 2.54. The second-order valence-corrected chi connectivity index (χ2v) is 4.59. The predicted molar refractivity (Wildman–Crippen MR) is 74.6 cm³/mol. The van der Waals surface area contributed by atoms with Gasteiger partial charge in [0, 0.05) is 11.8 Å². The maximum atomic E-state index is 5.34. The summed E-state index contributed by atoms with van der Waals surface area (Å²) < 4.78 is 10.6. The quantitative estimate of drug-likeness (QED) is 0.817. The molecule has 0 saturated carbocycles. The summed E-state index contributed by atoms with van der Waals surface area (Å²) in [6.45, 7) is 2.08. The summed E-state index contributed by atoms with van der Waals surface area (Å²) >= 11 is 4.41. The Labute approximate surface area is 109 Å². The Morgan fingerprint density at radius 1 is 1.18 bits per heavy atom. The first-order valence-electron chi connectivity index (χ1n) is 5.55. The van der Waals surface area contributed by atoms with Crippen LogP contribution in [0.25, 0.3) is 0 Å². The van der Waals surface area contributed by atoms with E-state index in [1.54, 1.807) is 14.2 Å². The standard InChI is InChI=1S/C13H21NO2S/c1-9-6-12(15-4)13(16-5)7-10(9)11(8-17)14(2)3/h6-7,11,17H,8H2,1-5H3. The maximum Gasteiger partial charge on any atom is 0.161 e. The van der Waals surface area contributed by atoms with Crippen LogP contribution in [-0.2, 0) is 0 Å². The van der Waals surface area contributed by atoms with E-state index in [1.807, 2.05) is 12.1 Å². The summed E-state index contributed by atoms with van der Waals surface area (Å²) in [5.74, 6) is 2.30. The molecule has 0 aliphatic heterocycles. The smallest absolute Gasteiger partial charge is 0.161 e. The van der Waals surface area contributed by atoms with Crippen molar-refractivity contribution in [2.24, 2.45) is 0 Å². The van der Waals surface area contributed by atoms with Crippen molar-refractivity contribution in [2.75, 3.05) is 34.1 Å². The second-order valence-electron chi connectivity index (χ2n) is 4.23. The van der Waals surface area contributed by atoms with E-state index in [4.69, 9.17) is 9.47 Å². The van der Waals surface area contributed by atoms with Crippen LogP contribution in [0, 0.1) is 6.92 Å². The minimum atomic E-state index is 0.276. The van der Waals surface area contributed by atoms with E-state index in [2.05, 4.69) is 38.5 Å². The van der Waals surface area contributed by atoms with Gasteiger partial charge in [-0.2, -0.15) is 12.6 Å². The second kappa shape index (κ2) is 6.17. The van der Waals surface area contributed by atoms with E-state index in [9.17, 15) is 0 Å². The number of thiol groups is 1. The van der Waals surface area contributed by atoms with Gasteiger partial charge in [0.05, 0.1) is 14.2 Å². The first-order valence-corrected chi connectivity index (χ1v) is 6.18. The third kappa shape index (κ3) is 3.07. The average Bonchev–Trinajstić information content (AvgIpc) is 2.31. The number of ether oxygens (including phenoxy) is 2. The summed E-state index contributed by atoms with van der Waals surface area (Å²) in [4.78, 5) is 2.15. The zero-order chi connectivity index (χ0) is 13.0. The summed E-state index contributed by atoms with van der Waals surface area (Å²) in [6, 6.07) is 4.32. The number of hydrogen-bond donors (Lipinski definition) is 1. The molecule has 0 spiro atoms. The first-order chi connectivity index (χ1) is 8.04. The normalized spacial score (nSPS) is 12.6. The largest absolute Gasteiger partial charge is 0.493 e. The minimum Gasteiger partial charge on any atom is -0.493 e. The Kier molecular flexibility index (Phi) is 5.15. The fraction of sp³-hybridized carbons (Fsp3) is 0.538. The lowest BCUT2D eigenvalue weighted by molar-refractivity contribution is 0.320. The van der Waals surface area contributed by atoms with Gasteiger partial charge >= 0.3 is 0 Å². The van der Waals surface area contributed by atoms with Crippen molar-refractivity contribution in [3.8, 4) is 11.5 Å². The number of methoxy groups -OCH3 is 2. The monoisotopic (exact) mass is 255 g/mol. The van der Waals surface area contributed by atoms with Gasteiger partial charge < -0.3 is 14.4 Å². The Hall–Kier alpha value is -0.870. The topological polar surface area (TPSA) is 21.7 Å². The zero-order valence-electron chi connectivity index (χ0n) is 11.2.